The van der Waals surface area contributed by atoms with Crippen molar-refractivity contribution in [3.63, 3.8) is 0 Å². The van der Waals surface area contributed by atoms with Crippen LogP contribution >= 0.6 is 11.3 Å². The molecule has 0 saturated heterocycles. The summed E-state index contributed by atoms with van der Waals surface area (Å²) in [5.74, 6) is 0.814. The molecule has 0 atom stereocenters. The summed E-state index contributed by atoms with van der Waals surface area (Å²) in [4.78, 5) is 10.5. The van der Waals surface area contributed by atoms with E-state index in [-0.39, 0.29) is 0 Å². The molecule has 1 aromatic heterocycles. The summed E-state index contributed by atoms with van der Waals surface area (Å²) in [6.45, 7) is 9.54. The van der Waals surface area contributed by atoms with Crippen LogP contribution in [0.1, 0.15) is 39.2 Å². The van der Waals surface area contributed by atoms with Crippen LogP contribution in [0.15, 0.2) is 59.6 Å². The molecule has 0 aliphatic carbocycles. The van der Waals surface area contributed by atoms with Crippen LogP contribution in [0.3, 0.4) is 0 Å². The molecule has 0 saturated carbocycles. The number of nitrogens with one attached hydrogen (secondary N) is 2. The predicted octanol–water partition coefficient (Wildman–Crippen LogP) is 4.73. The molecule has 0 amide bonds. The molecular formula is C24H30N4OS. The van der Waals surface area contributed by atoms with Gasteiger partial charge in [0, 0.05) is 11.4 Å². The molecule has 0 spiro atoms. The number of rotatable bonds is 9. The topological polar surface area (TPSA) is 58.5 Å². The van der Waals surface area contributed by atoms with Crippen LogP contribution in [0.4, 0.5) is 0 Å². The van der Waals surface area contributed by atoms with Crippen molar-refractivity contribution in [3.05, 3.63) is 86.9 Å². The van der Waals surface area contributed by atoms with Crippen molar-refractivity contribution in [2.75, 3.05) is 6.54 Å². The largest absolute Gasteiger partial charge is 0.372 e. The van der Waals surface area contributed by atoms with Crippen molar-refractivity contribution in [2.45, 2.75) is 47.1 Å². The summed E-state index contributed by atoms with van der Waals surface area (Å²) < 4.78 is 5.86. The van der Waals surface area contributed by atoms with Crippen molar-refractivity contribution in [1.29, 1.82) is 0 Å². The van der Waals surface area contributed by atoms with E-state index in [0.717, 1.165) is 40.9 Å². The van der Waals surface area contributed by atoms with Gasteiger partial charge in [-0.05, 0) is 37.5 Å². The normalized spacial score (nSPS) is 11.5. The van der Waals surface area contributed by atoms with Crippen molar-refractivity contribution >= 4 is 17.3 Å². The van der Waals surface area contributed by atoms with Crippen LogP contribution < -0.4 is 10.6 Å². The first-order valence-electron chi connectivity index (χ1n) is 10.3. The summed E-state index contributed by atoms with van der Waals surface area (Å²) >= 11 is 1.73. The molecule has 0 bridgehead atoms. The van der Waals surface area contributed by atoms with Crippen LogP contribution in [0.2, 0.25) is 0 Å². The zero-order valence-corrected chi connectivity index (χ0v) is 18.8. The molecular weight excluding hydrogens is 392 g/mol. The Hall–Kier alpha value is -2.70. The van der Waals surface area contributed by atoms with Gasteiger partial charge in [-0.25, -0.2) is 9.98 Å². The monoisotopic (exact) mass is 422 g/mol. The fraction of sp³-hybridized carbons (Fsp3) is 0.333. The Bertz CT molecular complexity index is 953. The fourth-order valence-corrected chi connectivity index (χ4v) is 3.97. The first kappa shape index (κ1) is 22.0. The molecule has 2 N–H and O–H groups in total. The van der Waals surface area contributed by atoms with E-state index in [9.17, 15) is 0 Å². The highest BCUT2D eigenvalue weighted by Gasteiger charge is 2.06. The second-order valence-electron chi connectivity index (χ2n) is 7.09. The van der Waals surface area contributed by atoms with Gasteiger partial charge in [0.25, 0.3) is 0 Å². The van der Waals surface area contributed by atoms with E-state index >= 15 is 0 Å². The summed E-state index contributed by atoms with van der Waals surface area (Å²) in [7, 11) is 0. The molecule has 1 heterocycles. The maximum absolute atomic E-state index is 5.86. The van der Waals surface area contributed by atoms with Crippen LogP contribution in [-0.4, -0.2) is 17.5 Å². The van der Waals surface area contributed by atoms with E-state index in [2.05, 4.69) is 65.9 Å². The highest BCUT2D eigenvalue weighted by molar-refractivity contribution is 7.11. The standard InChI is InChI=1S/C24H30N4OS/c1-4-25-24(27-15-23-18(2)28-19(3)30-23)26-14-21-11-8-12-22(13-21)17-29-16-20-9-6-5-7-10-20/h5-13H,4,14-17H2,1-3H3,(H2,25,26,27). The zero-order valence-electron chi connectivity index (χ0n) is 17.9. The average molecular weight is 423 g/mol. The van der Waals surface area contributed by atoms with Gasteiger partial charge in [0.2, 0.25) is 0 Å². The molecule has 158 valence electrons. The third kappa shape index (κ3) is 6.97. The number of benzene rings is 2. The average Bonchev–Trinajstić information content (AvgIpc) is 3.08. The van der Waals surface area contributed by atoms with Gasteiger partial charge in [0.05, 0.1) is 37.0 Å². The SMILES string of the molecule is CCNC(=NCc1cccc(COCc2ccccc2)c1)NCc1sc(C)nc1C. The molecule has 0 aliphatic heterocycles. The zero-order chi connectivity index (χ0) is 21.2. The molecule has 0 aliphatic rings. The Morgan fingerprint density at radius 1 is 0.967 bits per heavy atom. The summed E-state index contributed by atoms with van der Waals surface area (Å²) in [5.41, 5.74) is 4.60. The van der Waals surface area contributed by atoms with Crippen molar-refractivity contribution in [3.8, 4) is 0 Å². The van der Waals surface area contributed by atoms with Crippen LogP contribution in [0.25, 0.3) is 0 Å². The van der Waals surface area contributed by atoms with E-state index < -0.39 is 0 Å². The Kier molecular flexibility index (Phi) is 8.41. The van der Waals surface area contributed by atoms with E-state index in [0.29, 0.717) is 19.8 Å². The van der Waals surface area contributed by atoms with E-state index in [1.54, 1.807) is 11.3 Å². The maximum Gasteiger partial charge on any atom is 0.191 e. The Balaban J connectivity index is 1.54. The van der Waals surface area contributed by atoms with Gasteiger partial charge in [-0.15, -0.1) is 11.3 Å². The van der Waals surface area contributed by atoms with Gasteiger partial charge >= 0.3 is 0 Å². The lowest BCUT2D eigenvalue weighted by Gasteiger charge is -2.11. The van der Waals surface area contributed by atoms with Gasteiger partial charge in [-0.3, -0.25) is 0 Å². The minimum absolute atomic E-state index is 0.592. The van der Waals surface area contributed by atoms with Crippen molar-refractivity contribution < 1.29 is 4.74 Å². The summed E-state index contributed by atoms with van der Waals surface area (Å²) in [6.07, 6.45) is 0. The second kappa shape index (κ2) is 11.5. The van der Waals surface area contributed by atoms with Gasteiger partial charge < -0.3 is 15.4 Å². The fourth-order valence-electron chi connectivity index (χ4n) is 3.09. The number of ether oxygens (including phenoxy) is 1. The van der Waals surface area contributed by atoms with E-state index in [4.69, 9.17) is 9.73 Å². The number of hydrogen-bond donors (Lipinski definition) is 2. The lowest BCUT2D eigenvalue weighted by molar-refractivity contribution is 0.107. The third-order valence-electron chi connectivity index (χ3n) is 4.55. The quantitative estimate of drug-likeness (QED) is 0.387. The highest BCUT2D eigenvalue weighted by Crippen LogP contribution is 2.16. The smallest absolute Gasteiger partial charge is 0.191 e. The lowest BCUT2D eigenvalue weighted by atomic mass is 10.1. The number of guanidine groups is 1. The molecule has 6 heteroatoms. The number of nitrogens with zero attached hydrogens (tertiary/aromatic N) is 2. The number of thiazole rings is 1. The molecule has 3 rings (SSSR count). The highest BCUT2D eigenvalue weighted by atomic mass is 32.1. The van der Waals surface area contributed by atoms with Crippen LogP contribution in [0.5, 0.6) is 0 Å². The minimum atomic E-state index is 0.592. The van der Waals surface area contributed by atoms with E-state index in [1.807, 2.05) is 25.1 Å². The molecule has 5 nitrogen and oxygen atoms in total. The van der Waals surface area contributed by atoms with Gasteiger partial charge in [0.15, 0.2) is 5.96 Å². The number of aromatic nitrogens is 1. The maximum atomic E-state index is 5.86. The minimum Gasteiger partial charge on any atom is -0.372 e. The Morgan fingerprint density at radius 2 is 1.70 bits per heavy atom. The molecule has 0 unspecified atom stereocenters. The van der Waals surface area contributed by atoms with Gasteiger partial charge in [-0.1, -0.05) is 54.6 Å². The molecule has 0 radical (unpaired) electrons. The molecule has 0 fully saturated rings. The summed E-state index contributed by atoms with van der Waals surface area (Å²) in [5, 5.41) is 7.82. The molecule has 3 aromatic rings. The lowest BCUT2D eigenvalue weighted by Crippen LogP contribution is -2.36. The van der Waals surface area contributed by atoms with Crippen molar-refractivity contribution in [1.82, 2.24) is 15.6 Å². The second-order valence-corrected chi connectivity index (χ2v) is 8.38. The predicted molar refractivity (Wildman–Crippen MR) is 125 cm³/mol. The number of aryl methyl sites for hydroxylation is 2. The molecule has 30 heavy (non-hydrogen) atoms. The van der Waals surface area contributed by atoms with Gasteiger partial charge in [-0.2, -0.15) is 0 Å². The number of aliphatic imine (C=N–C) groups is 1. The van der Waals surface area contributed by atoms with Gasteiger partial charge in [0.1, 0.15) is 0 Å². The first-order chi connectivity index (χ1) is 14.6. The third-order valence-corrected chi connectivity index (χ3v) is 5.62. The van der Waals surface area contributed by atoms with Crippen LogP contribution in [-0.2, 0) is 31.0 Å². The number of hydrogen-bond acceptors (Lipinski definition) is 4. The first-order valence-corrected chi connectivity index (χ1v) is 11.1. The Morgan fingerprint density at radius 3 is 2.43 bits per heavy atom. The Labute approximate surface area is 183 Å². The van der Waals surface area contributed by atoms with Crippen molar-refractivity contribution in [2.24, 2.45) is 4.99 Å². The molecule has 2 aromatic carbocycles. The summed E-state index contributed by atoms with van der Waals surface area (Å²) in [6, 6.07) is 18.7. The van der Waals surface area contributed by atoms with E-state index in [1.165, 1.54) is 10.4 Å². The van der Waals surface area contributed by atoms with Crippen LogP contribution in [0, 0.1) is 13.8 Å².